The molecule has 1 aromatic carbocycles. The lowest BCUT2D eigenvalue weighted by molar-refractivity contribution is -0.126. The van der Waals surface area contributed by atoms with E-state index >= 15 is 0 Å². The fraction of sp³-hybridized carbons (Fsp3) is 0.273. The van der Waals surface area contributed by atoms with Gasteiger partial charge in [0, 0.05) is 67.7 Å². The van der Waals surface area contributed by atoms with Crippen LogP contribution >= 0.6 is 0 Å². The van der Waals surface area contributed by atoms with Crippen molar-refractivity contribution < 1.29 is 9.21 Å². The van der Waals surface area contributed by atoms with E-state index in [1.807, 2.05) is 47.4 Å². The molecule has 0 saturated carbocycles. The Bertz CT molecular complexity index is 954. The number of rotatable bonds is 4. The summed E-state index contributed by atoms with van der Waals surface area (Å²) in [5.74, 6) is 0.972. The third-order valence-corrected chi connectivity index (χ3v) is 5.04. The minimum absolute atomic E-state index is 0.0525. The van der Waals surface area contributed by atoms with Gasteiger partial charge in [0.05, 0.1) is 0 Å². The van der Waals surface area contributed by atoms with E-state index in [-0.39, 0.29) is 5.91 Å². The Morgan fingerprint density at radius 3 is 2.59 bits per heavy atom. The minimum atomic E-state index is 0.0525. The molecule has 0 N–H and O–H groups in total. The van der Waals surface area contributed by atoms with Crippen LogP contribution in [0, 0.1) is 0 Å². The van der Waals surface area contributed by atoms with Crippen LogP contribution in [-0.2, 0) is 11.2 Å². The molecule has 0 atom stereocenters. The number of para-hydroxylation sites is 1. The first kappa shape index (κ1) is 17.3. The summed E-state index contributed by atoms with van der Waals surface area (Å²) in [6, 6.07) is 12.0. The maximum absolute atomic E-state index is 12.7. The number of furan rings is 1. The number of pyridine rings is 1. The van der Waals surface area contributed by atoms with E-state index in [0.717, 1.165) is 60.6 Å². The molecule has 1 aliphatic heterocycles. The SMILES string of the molecule is CCc1oc2ccccc2c1/C=C/C(=O)N1CCN(c2ccncc2)CC1. The number of anilines is 1. The highest BCUT2D eigenvalue weighted by atomic mass is 16.3. The number of carbonyl (C=O) groups is 1. The summed E-state index contributed by atoms with van der Waals surface area (Å²) in [6.07, 6.45) is 7.99. The van der Waals surface area contributed by atoms with Gasteiger partial charge in [0.15, 0.2) is 0 Å². The number of aromatic nitrogens is 1. The lowest BCUT2D eigenvalue weighted by atomic mass is 10.1. The predicted octanol–water partition coefficient (Wildman–Crippen LogP) is 3.75. The number of fused-ring (bicyclic) bond motifs is 1. The maximum atomic E-state index is 12.7. The Kier molecular flexibility index (Phi) is 4.92. The number of hydrogen-bond acceptors (Lipinski definition) is 4. The van der Waals surface area contributed by atoms with Gasteiger partial charge in [-0.15, -0.1) is 0 Å². The van der Waals surface area contributed by atoms with Gasteiger partial charge in [-0.25, -0.2) is 0 Å². The molecular weight excluding hydrogens is 338 g/mol. The fourth-order valence-electron chi connectivity index (χ4n) is 3.56. The van der Waals surface area contributed by atoms with Gasteiger partial charge in [-0.3, -0.25) is 9.78 Å². The molecule has 1 amide bonds. The van der Waals surface area contributed by atoms with Crippen LogP contribution in [0.5, 0.6) is 0 Å². The molecule has 1 fully saturated rings. The number of amides is 1. The van der Waals surface area contributed by atoms with Crippen LogP contribution in [0.2, 0.25) is 0 Å². The van der Waals surface area contributed by atoms with Crippen LogP contribution in [0.1, 0.15) is 18.2 Å². The van der Waals surface area contributed by atoms with Gasteiger partial charge in [0.25, 0.3) is 0 Å². The van der Waals surface area contributed by atoms with E-state index < -0.39 is 0 Å². The fourth-order valence-corrected chi connectivity index (χ4v) is 3.56. The van der Waals surface area contributed by atoms with Crippen molar-refractivity contribution in [1.29, 1.82) is 0 Å². The van der Waals surface area contributed by atoms with Crippen LogP contribution in [0.25, 0.3) is 17.0 Å². The summed E-state index contributed by atoms with van der Waals surface area (Å²) in [5.41, 5.74) is 3.04. The Hall–Kier alpha value is -3.08. The van der Waals surface area contributed by atoms with Crippen molar-refractivity contribution in [2.24, 2.45) is 0 Å². The van der Waals surface area contributed by atoms with Crippen molar-refractivity contribution >= 4 is 28.6 Å². The Balaban J connectivity index is 1.44. The summed E-state index contributed by atoms with van der Waals surface area (Å²) in [7, 11) is 0. The zero-order valence-electron chi connectivity index (χ0n) is 15.5. The summed E-state index contributed by atoms with van der Waals surface area (Å²) in [5, 5.41) is 1.06. The Morgan fingerprint density at radius 2 is 1.85 bits per heavy atom. The van der Waals surface area contributed by atoms with Crippen LogP contribution in [-0.4, -0.2) is 42.0 Å². The molecule has 3 heterocycles. The van der Waals surface area contributed by atoms with Gasteiger partial charge in [0.2, 0.25) is 5.91 Å². The monoisotopic (exact) mass is 361 g/mol. The molecule has 3 aromatic rings. The van der Waals surface area contributed by atoms with Crippen molar-refractivity contribution in [3.63, 3.8) is 0 Å². The predicted molar refractivity (Wildman–Crippen MR) is 108 cm³/mol. The highest BCUT2D eigenvalue weighted by molar-refractivity contribution is 5.96. The Morgan fingerprint density at radius 1 is 1.11 bits per heavy atom. The second-order valence-electron chi connectivity index (χ2n) is 6.64. The van der Waals surface area contributed by atoms with E-state index in [9.17, 15) is 4.79 Å². The van der Waals surface area contributed by atoms with Crippen molar-refractivity contribution in [3.8, 4) is 0 Å². The molecule has 1 saturated heterocycles. The van der Waals surface area contributed by atoms with Crippen molar-refractivity contribution in [3.05, 3.63) is 66.2 Å². The highest BCUT2D eigenvalue weighted by Gasteiger charge is 2.20. The molecular formula is C22H23N3O2. The third kappa shape index (κ3) is 3.58. The van der Waals surface area contributed by atoms with E-state index in [1.54, 1.807) is 18.5 Å². The van der Waals surface area contributed by atoms with Crippen LogP contribution in [0.3, 0.4) is 0 Å². The maximum Gasteiger partial charge on any atom is 0.246 e. The number of carbonyl (C=O) groups excluding carboxylic acids is 1. The quantitative estimate of drug-likeness (QED) is 0.664. The number of benzene rings is 1. The number of nitrogens with zero attached hydrogens (tertiary/aromatic N) is 3. The third-order valence-electron chi connectivity index (χ3n) is 5.04. The molecule has 2 aromatic heterocycles. The van der Waals surface area contributed by atoms with E-state index in [2.05, 4.69) is 16.8 Å². The minimum Gasteiger partial charge on any atom is -0.460 e. The molecule has 0 aliphatic carbocycles. The van der Waals surface area contributed by atoms with Gasteiger partial charge >= 0.3 is 0 Å². The van der Waals surface area contributed by atoms with E-state index in [4.69, 9.17) is 4.42 Å². The van der Waals surface area contributed by atoms with Crippen LogP contribution < -0.4 is 4.90 Å². The van der Waals surface area contributed by atoms with Gasteiger partial charge in [0.1, 0.15) is 11.3 Å². The molecule has 0 spiro atoms. The van der Waals surface area contributed by atoms with E-state index in [1.165, 1.54) is 0 Å². The van der Waals surface area contributed by atoms with Crippen LogP contribution in [0.15, 0.2) is 59.3 Å². The van der Waals surface area contributed by atoms with Gasteiger partial charge in [-0.1, -0.05) is 25.1 Å². The molecule has 0 radical (unpaired) electrons. The summed E-state index contributed by atoms with van der Waals surface area (Å²) < 4.78 is 5.90. The van der Waals surface area contributed by atoms with Crippen molar-refractivity contribution in [2.45, 2.75) is 13.3 Å². The topological polar surface area (TPSA) is 49.6 Å². The molecule has 4 rings (SSSR count). The van der Waals surface area contributed by atoms with Gasteiger partial charge < -0.3 is 14.2 Å². The number of piperazine rings is 1. The van der Waals surface area contributed by atoms with Gasteiger partial charge in [-0.05, 0) is 24.3 Å². The lowest BCUT2D eigenvalue weighted by Gasteiger charge is -2.35. The lowest BCUT2D eigenvalue weighted by Crippen LogP contribution is -2.48. The standard InChI is InChI=1S/C22H23N3O2/c1-2-20-19(18-5-3-4-6-21(18)27-20)7-8-22(26)25-15-13-24(14-16-25)17-9-11-23-12-10-17/h3-12H,2,13-16H2,1H3/b8-7+. The molecule has 0 unspecified atom stereocenters. The van der Waals surface area contributed by atoms with Crippen molar-refractivity contribution in [2.75, 3.05) is 31.1 Å². The largest absolute Gasteiger partial charge is 0.460 e. The number of hydrogen-bond donors (Lipinski definition) is 0. The molecule has 1 aliphatic rings. The Labute approximate surface area is 158 Å². The second-order valence-corrected chi connectivity index (χ2v) is 6.64. The second kappa shape index (κ2) is 7.66. The zero-order chi connectivity index (χ0) is 18.6. The average Bonchev–Trinajstić information content (AvgIpc) is 3.10. The first-order valence-electron chi connectivity index (χ1n) is 9.38. The zero-order valence-corrected chi connectivity index (χ0v) is 15.5. The van der Waals surface area contributed by atoms with E-state index in [0.29, 0.717) is 0 Å². The first-order valence-corrected chi connectivity index (χ1v) is 9.38. The highest BCUT2D eigenvalue weighted by Crippen LogP contribution is 2.27. The summed E-state index contributed by atoms with van der Waals surface area (Å²) in [6.45, 7) is 5.17. The number of aryl methyl sites for hydroxylation is 1. The average molecular weight is 361 g/mol. The molecule has 0 bridgehead atoms. The smallest absolute Gasteiger partial charge is 0.246 e. The molecule has 5 nitrogen and oxygen atoms in total. The molecule has 138 valence electrons. The summed E-state index contributed by atoms with van der Waals surface area (Å²) >= 11 is 0. The van der Waals surface area contributed by atoms with Crippen LogP contribution in [0.4, 0.5) is 5.69 Å². The normalized spacial score (nSPS) is 15.0. The van der Waals surface area contributed by atoms with Crippen molar-refractivity contribution in [1.82, 2.24) is 9.88 Å². The first-order chi connectivity index (χ1) is 13.3. The summed E-state index contributed by atoms with van der Waals surface area (Å²) in [4.78, 5) is 20.9. The molecule has 27 heavy (non-hydrogen) atoms. The molecule has 5 heteroatoms. The van der Waals surface area contributed by atoms with Gasteiger partial charge in [-0.2, -0.15) is 0 Å².